The number of fused-ring (bicyclic) bond motifs is 1. The maximum atomic E-state index is 5.23. The molecule has 0 aromatic carbocycles. The lowest BCUT2D eigenvalue weighted by molar-refractivity contribution is 0.411. The molecule has 3 heterocycles. The number of pyridine rings is 1. The molecule has 3 aromatic rings. The van der Waals surface area contributed by atoms with Crippen LogP contribution in [-0.2, 0) is 0 Å². The van der Waals surface area contributed by atoms with Crippen molar-refractivity contribution in [2.45, 2.75) is 6.04 Å². The van der Waals surface area contributed by atoms with Crippen LogP contribution in [-0.4, -0.2) is 33.7 Å². The van der Waals surface area contributed by atoms with Crippen LogP contribution in [0.4, 0.5) is 0 Å². The predicted octanol–water partition coefficient (Wildman–Crippen LogP) is 1.44. The van der Waals surface area contributed by atoms with Crippen molar-refractivity contribution < 1.29 is 4.74 Å². The van der Waals surface area contributed by atoms with Gasteiger partial charge in [-0.1, -0.05) is 0 Å². The molecule has 3 aromatic heterocycles. The van der Waals surface area contributed by atoms with E-state index in [1.807, 2.05) is 31.7 Å². The van der Waals surface area contributed by atoms with Crippen LogP contribution >= 0.6 is 0 Å². The van der Waals surface area contributed by atoms with E-state index in [0.29, 0.717) is 0 Å². The molecule has 0 radical (unpaired) electrons. The molecular weight excluding hydrogens is 254 g/mol. The van der Waals surface area contributed by atoms with Crippen molar-refractivity contribution in [3.8, 4) is 5.75 Å². The highest BCUT2D eigenvalue weighted by Crippen LogP contribution is 2.26. The third kappa shape index (κ3) is 2.10. The number of ether oxygens (including phenoxy) is 1. The van der Waals surface area contributed by atoms with E-state index in [0.717, 1.165) is 22.4 Å². The van der Waals surface area contributed by atoms with Crippen LogP contribution in [0.1, 0.15) is 17.2 Å². The van der Waals surface area contributed by atoms with Gasteiger partial charge in [-0.3, -0.25) is 9.97 Å². The summed E-state index contributed by atoms with van der Waals surface area (Å²) in [5.74, 6) is 0.734. The van der Waals surface area contributed by atoms with Gasteiger partial charge in [-0.25, -0.2) is 4.52 Å². The van der Waals surface area contributed by atoms with Crippen molar-refractivity contribution in [2.75, 3.05) is 14.2 Å². The third-order valence-electron chi connectivity index (χ3n) is 3.26. The molecule has 0 aliphatic carbocycles. The van der Waals surface area contributed by atoms with Gasteiger partial charge in [-0.15, -0.1) is 0 Å². The predicted molar refractivity (Wildman–Crippen MR) is 74.7 cm³/mol. The summed E-state index contributed by atoms with van der Waals surface area (Å²) >= 11 is 0. The van der Waals surface area contributed by atoms with Crippen LogP contribution in [0.25, 0.3) is 5.52 Å². The summed E-state index contributed by atoms with van der Waals surface area (Å²) in [6.45, 7) is 0. The normalized spacial score (nSPS) is 12.5. The average molecular weight is 269 g/mol. The van der Waals surface area contributed by atoms with E-state index >= 15 is 0 Å². The van der Waals surface area contributed by atoms with Gasteiger partial charge in [-0.05, 0) is 18.7 Å². The van der Waals surface area contributed by atoms with Crippen molar-refractivity contribution in [1.29, 1.82) is 0 Å². The zero-order valence-corrected chi connectivity index (χ0v) is 11.3. The zero-order chi connectivity index (χ0) is 13.9. The molecule has 1 N–H and O–H groups in total. The van der Waals surface area contributed by atoms with E-state index in [1.54, 1.807) is 30.2 Å². The Labute approximate surface area is 116 Å². The Kier molecular flexibility index (Phi) is 3.30. The molecule has 6 nitrogen and oxygen atoms in total. The van der Waals surface area contributed by atoms with Gasteiger partial charge in [0.1, 0.15) is 5.75 Å². The number of rotatable bonds is 4. The first-order chi connectivity index (χ1) is 9.83. The van der Waals surface area contributed by atoms with Gasteiger partial charge in [0.05, 0.1) is 37.3 Å². The van der Waals surface area contributed by atoms with Gasteiger partial charge in [0.2, 0.25) is 0 Å². The largest absolute Gasteiger partial charge is 0.495 e. The molecule has 102 valence electrons. The Morgan fingerprint density at radius 2 is 2.10 bits per heavy atom. The fraction of sp³-hybridized carbons (Fsp3) is 0.214. The molecule has 0 aliphatic heterocycles. The molecule has 0 saturated heterocycles. The van der Waals surface area contributed by atoms with Gasteiger partial charge in [0.25, 0.3) is 0 Å². The van der Waals surface area contributed by atoms with Crippen LogP contribution in [0.15, 0.2) is 43.2 Å². The van der Waals surface area contributed by atoms with Gasteiger partial charge >= 0.3 is 0 Å². The van der Waals surface area contributed by atoms with Gasteiger partial charge in [0, 0.05) is 24.2 Å². The van der Waals surface area contributed by atoms with E-state index in [9.17, 15) is 0 Å². The van der Waals surface area contributed by atoms with Crippen LogP contribution in [0.2, 0.25) is 0 Å². The lowest BCUT2D eigenvalue weighted by Gasteiger charge is -2.16. The number of aromatic nitrogens is 4. The first-order valence-electron chi connectivity index (χ1n) is 6.27. The summed E-state index contributed by atoms with van der Waals surface area (Å²) in [4.78, 5) is 8.37. The second-order valence-electron chi connectivity index (χ2n) is 4.39. The molecule has 0 fully saturated rings. The highest BCUT2D eigenvalue weighted by molar-refractivity contribution is 5.55. The van der Waals surface area contributed by atoms with E-state index in [1.165, 1.54) is 0 Å². The molecule has 20 heavy (non-hydrogen) atoms. The molecule has 1 unspecified atom stereocenters. The zero-order valence-electron chi connectivity index (χ0n) is 11.3. The second-order valence-corrected chi connectivity index (χ2v) is 4.39. The highest BCUT2D eigenvalue weighted by Gasteiger charge is 2.17. The summed E-state index contributed by atoms with van der Waals surface area (Å²) in [5.41, 5.74) is 3.04. The Bertz CT molecular complexity index is 724. The smallest absolute Gasteiger partial charge is 0.137 e. The molecular formula is C14H15N5O. The maximum absolute atomic E-state index is 5.23. The van der Waals surface area contributed by atoms with Gasteiger partial charge in [-0.2, -0.15) is 5.10 Å². The monoisotopic (exact) mass is 269 g/mol. The van der Waals surface area contributed by atoms with Crippen molar-refractivity contribution in [3.63, 3.8) is 0 Å². The Morgan fingerprint density at radius 3 is 2.90 bits per heavy atom. The van der Waals surface area contributed by atoms with Crippen LogP contribution in [0.5, 0.6) is 5.75 Å². The Hall–Kier alpha value is -2.47. The second kappa shape index (κ2) is 5.26. The standard InChI is InChI=1S/C14H15N5O/c1-15-14(10-5-11(20-2)7-17-6-10)12-8-18-19-4-3-16-9-13(12)19/h3-9,14-15H,1-2H3. The number of nitrogens with one attached hydrogen (secondary N) is 1. The lowest BCUT2D eigenvalue weighted by atomic mass is 10.0. The topological polar surface area (TPSA) is 64.3 Å². The van der Waals surface area contributed by atoms with Crippen LogP contribution < -0.4 is 10.1 Å². The first-order valence-corrected chi connectivity index (χ1v) is 6.27. The number of methoxy groups -OCH3 is 1. The maximum Gasteiger partial charge on any atom is 0.137 e. The Morgan fingerprint density at radius 1 is 1.20 bits per heavy atom. The minimum absolute atomic E-state index is 0.0145. The van der Waals surface area contributed by atoms with Crippen molar-refractivity contribution >= 4 is 5.52 Å². The first kappa shape index (κ1) is 12.6. The van der Waals surface area contributed by atoms with E-state index in [4.69, 9.17) is 4.74 Å². The average Bonchev–Trinajstić information content (AvgIpc) is 2.93. The molecule has 3 rings (SSSR count). The van der Waals surface area contributed by atoms with Crippen molar-refractivity contribution in [2.24, 2.45) is 0 Å². The fourth-order valence-corrected chi connectivity index (χ4v) is 2.28. The third-order valence-corrected chi connectivity index (χ3v) is 3.26. The van der Waals surface area contributed by atoms with Crippen molar-refractivity contribution in [3.05, 3.63) is 54.4 Å². The molecule has 0 saturated carbocycles. The Balaban J connectivity index is 2.09. The van der Waals surface area contributed by atoms with Gasteiger partial charge < -0.3 is 10.1 Å². The molecule has 1 atom stereocenters. The summed E-state index contributed by atoms with van der Waals surface area (Å²) < 4.78 is 7.04. The number of hydrogen-bond acceptors (Lipinski definition) is 5. The van der Waals surface area contributed by atoms with E-state index in [2.05, 4.69) is 20.4 Å². The number of hydrogen-bond donors (Lipinski definition) is 1. The molecule has 0 bridgehead atoms. The number of nitrogens with zero attached hydrogens (tertiary/aromatic N) is 4. The van der Waals surface area contributed by atoms with Crippen molar-refractivity contribution in [1.82, 2.24) is 24.9 Å². The van der Waals surface area contributed by atoms with E-state index in [-0.39, 0.29) is 6.04 Å². The molecule has 0 spiro atoms. The lowest BCUT2D eigenvalue weighted by Crippen LogP contribution is -2.17. The SMILES string of the molecule is CNC(c1cncc(OC)c1)c1cnn2ccncc12. The molecule has 0 aliphatic rings. The summed E-state index contributed by atoms with van der Waals surface area (Å²) in [7, 11) is 3.54. The van der Waals surface area contributed by atoms with Crippen LogP contribution in [0.3, 0.4) is 0 Å². The summed E-state index contributed by atoms with van der Waals surface area (Å²) in [6.07, 6.45) is 10.7. The highest BCUT2D eigenvalue weighted by atomic mass is 16.5. The van der Waals surface area contributed by atoms with E-state index < -0.39 is 0 Å². The summed E-state index contributed by atoms with van der Waals surface area (Å²) in [5, 5.41) is 7.63. The summed E-state index contributed by atoms with van der Waals surface area (Å²) in [6, 6.07) is 1.95. The quantitative estimate of drug-likeness (QED) is 0.776. The fourth-order valence-electron chi connectivity index (χ4n) is 2.28. The minimum Gasteiger partial charge on any atom is -0.495 e. The molecule has 0 amide bonds. The minimum atomic E-state index is -0.0145. The molecule has 6 heteroatoms. The van der Waals surface area contributed by atoms with Gasteiger partial charge in [0.15, 0.2) is 0 Å². The van der Waals surface area contributed by atoms with Crippen LogP contribution in [0, 0.1) is 0 Å².